The number of rotatable bonds is 11. The molecular formula is C29H27N9O6. The number of para-hydroxylation sites is 1. The Labute approximate surface area is 248 Å². The number of nitrogens with zero attached hydrogens (tertiary/aromatic N) is 3. The number of fused-ring (bicyclic) bond motifs is 2. The Balaban J connectivity index is 1.27. The number of carbonyl (C=O) groups excluding carboxylic acids is 3. The van der Waals surface area contributed by atoms with Crippen LogP contribution in [0.1, 0.15) is 21.6 Å². The first-order valence-electron chi connectivity index (χ1n) is 13.4. The standard InChI is InChI=1S/C29H27N9O6/c30-29-37-24-23(27(42)38-29)32-13-21(35-24)25(40)33-14-22(39)34-19(10-15-6-2-1-3-7-15)26(41)36-20(28(43)44)11-16-12-31-18-9-5-4-8-17(16)18/h1-9,12-13,19-20,31H,10-11,14H2,(H,33,40)(H,34,39)(H,36,41)(H,43,44)(H3,30,35,37,38,42)/t19-,20-/m0/s1. The van der Waals surface area contributed by atoms with E-state index in [1.54, 1.807) is 36.5 Å². The number of nitrogens with two attached hydrogens (primary N) is 1. The Morgan fingerprint density at radius 3 is 2.45 bits per heavy atom. The lowest BCUT2D eigenvalue weighted by molar-refractivity contribution is -0.142. The Kier molecular flexibility index (Phi) is 8.55. The molecule has 5 aromatic rings. The number of nitrogen functional groups attached to an aromatic ring is 1. The van der Waals surface area contributed by atoms with Crippen LogP contribution in [0.5, 0.6) is 0 Å². The molecule has 0 spiro atoms. The van der Waals surface area contributed by atoms with E-state index in [1.807, 2.05) is 24.3 Å². The van der Waals surface area contributed by atoms with E-state index in [-0.39, 0.29) is 35.6 Å². The summed E-state index contributed by atoms with van der Waals surface area (Å²) in [5, 5.41) is 18.2. The lowest BCUT2D eigenvalue weighted by atomic mass is 10.0. The first kappa shape index (κ1) is 29.4. The molecule has 0 fully saturated rings. The van der Waals surface area contributed by atoms with Gasteiger partial charge in [-0.1, -0.05) is 48.5 Å². The number of nitrogens with one attached hydrogen (secondary N) is 5. The molecular weight excluding hydrogens is 570 g/mol. The number of carboxylic acids is 1. The molecule has 3 heterocycles. The van der Waals surface area contributed by atoms with Crippen molar-refractivity contribution in [2.75, 3.05) is 12.3 Å². The summed E-state index contributed by atoms with van der Waals surface area (Å²) in [7, 11) is 0. The average molecular weight is 598 g/mol. The molecule has 15 heteroatoms. The fourth-order valence-corrected chi connectivity index (χ4v) is 4.59. The van der Waals surface area contributed by atoms with Crippen molar-refractivity contribution >= 4 is 51.7 Å². The molecule has 2 atom stereocenters. The molecule has 0 radical (unpaired) electrons. The van der Waals surface area contributed by atoms with E-state index in [0.29, 0.717) is 11.1 Å². The van der Waals surface area contributed by atoms with Gasteiger partial charge in [0.2, 0.25) is 17.8 Å². The minimum absolute atomic E-state index is 0.00627. The Hall–Kier alpha value is -6.12. The second-order valence-corrected chi connectivity index (χ2v) is 9.83. The Morgan fingerprint density at radius 2 is 1.68 bits per heavy atom. The van der Waals surface area contributed by atoms with Crippen LogP contribution in [0.3, 0.4) is 0 Å². The summed E-state index contributed by atoms with van der Waals surface area (Å²) in [6.07, 6.45) is 2.81. The lowest BCUT2D eigenvalue weighted by Crippen LogP contribution is -2.54. The van der Waals surface area contributed by atoms with Gasteiger partial charge in [-0.2, -0.15) is 4.98 Å². The molecule has 0 aliphatic carbocycles. The quantitative estimate of drug-likeness (QED) is 0.108. The summed E-state index contributed by atoms with van der Waals surface area (Å²) in [4.78, 5) is 80.0. The van der Waals surface area contributed by atoms with E-state index in [1.165, 1.54) is 0 Å². The zero-order chi connectivity index (χ0) is 31.2. The number of aromatic nitrogens is 5. The molecule has 0 saturated carbocycles. The smallest absolute Gasteiger partial charge is 0.326 e. The number of hydrogen-bond acceptors (Lipinski definition) is 9. The second-order valence-electron chi connectivity index (χ2n) is 9.83. The monoisotopic (exact) mass is 597 g/mol. The van der Waals surface area contributed by atoms with Crippen LogP contribution >= 0.6 is 0 Å². The SMILES string of the molecule is Nc1nc2nc(C(=O)NCC(=O)N[C@@H](Cc3ccccc3)C(=O)N[C@@H](Cc3c[nH]c4ccccc34)C(=O)O)cnc2c(=O)[nH]1. The number of H-pyrrole nitrogens is 2. The van der Waals surface area contributed by atoms with Gasteiger partial charge in [-0.05, 0) is 17.2 Å². The van der Waals surface area contributed by atoms with Crippen molar-refractivity contribution in [1.29, 1.82) is 0 Å². The van der Waals surface area contributed by atoms with Crippen LogP contribution in [0.2, 0.25) is 0 Å². The van der Waals surface area contributed by atoms with Gasteiger partial charge >= 0.3 is 5.97 Å². The number of anilines is 1. The van der Waals surface area contributed by atoms with Crippen molar-refractivity contribution in [2.45, 2.75) is 24.9 Å². The van der Waals surface area contributed by atoms with E-state index in [2.05, 4.69) is 40.9 Å². The topological polar surface area (TPSA) is 238 Å². The predicted octanol–water partition coefficient (Wildman–Crippen LogP) is 0.0460. The van der Waals surface area contributed by atoms with Crippen LogP contribution in [-0.2, 0) is 27.2 Å². The highest BCUT2D eigenvalue weighted by Gasteiger charge is 2.28. The molecule has 5 rings (SSSR count). The molecule has 2 aromatic carbocycles. The predicted molar refractivity (Wildman–Crippen MR) is 158 cm³/mol. The largest absolute Gasteiger partial charge is 0.480 e. The summed E-state index contributed by atoms with van der Waals surface area (Å²) < 4.78 is 0. The maximum atomic E-state index is 13.4. The fourth-order valence-electron chi connectivity index (χ4n) is 4.59. The maximum absolute atomic E-state index is 13.4. The van der Waals surface area contributed by atoms with Gasteiger partial charge in [0.05, 0.1) is 12.7 Å². The van der Waals surface area contributed by atoms with Gasteiger partial charge in [-0.25, -0.2) is 14.8 Å². The summed E-state index contributed by atoms with van der Waals surface area (Å²) in [6, 6.07) is 13.8. The van der Waals surface area contributed by atoms with Gasteiger partial charge in [0.1, 0.15) is 17.8 Å². The Bertz CT molecular complexity index is 1920. The van der Waals surface area contributed by atoms with E-state index in [0.717, 1.165) is 17.1 Å². The van der Waals surface area contributed by atoms with Crippen molar-refractivity contribution in [2.24, 2.45) is 0 Å². The lowest BCUT2D eigenvalue weighted by Gasteiger charge is -2.22. The number of benzene rings is 2. The number of aromatic amines is 2. The van der Waals surface area contributed by atoms with Crippen LogP contribution in [0.4, 0.5) is 5.95 Å². The normalized spacial score (nSPS) is 12.4. The fraction of sp³-hybridized carbons (Fsp3) is 0.172. The second kappa shape index (κ2) is 12.8. The number of hydrogen-bond donors (Lipinski definition) is 7. The number of carboxylic acid groups (broad SMARTS) is 1. The third-order valence-electron chi connectivity index (χ3n) is 6.73. The minimum atomic E-state index is -1.28. The van der Waals surface area contributed by atoms with Crippen LogP contribution in [0.25, 0.3) is 22.1 Å². The van der Waals surface area contributed by atoms with Gasteiger partial charge < -0.3 is 31.8 Å². The molecule has 15 nitrogen and oxygen atoms in total. The van der Waals surface area contributed by atoms with Gasteiger partial charge in [0, 0.05) is 29.9 Å². The zero-order valence-corrected chi connectivity index (χ0v) is 23.0. The average Bonchev–Trinajstić information content (AvgIpc) is 3.42. The van der Waals surface area contributed by atoms with Crippen LogP contribution in [-0.4, -0.2) is 72.3 Å². The van der Waals surface area contributed by atoms with Crippen LogP contribution in [0, 0.1) is 0 Å². The van der Waals surface area contributed by atoms with E-state index < -0.39 is 47.9 Å². The van der Waals surface area contributed by atoms with Crippen molar-refractivity contribution in [3.05, 3.63) is 94.2 Å². The molecule has 0 aliphatic rings. The molecule has 0 aliphatic heterocycles. The summed E-state index contributed by atoms with van der Waals surface area (Å²) in [5.74, 6) is -3.66. The van der Waals surface area contributed by atoms with E-state index in [4.69, 9.17) is 5.73 Å². The third kappa shape index (κ3) is 6.84. The number of aliphatic carboxylic acids is 1. The van der Waals surface area contributed by atoms with Crippen LogP contribution in [0.15, 0.2) is 71.8 Å². The minimum Gasteiger partial charge on any atom is -0.480 e. The van der Waals surface area contributed by atoms with Crippen molar-refractivity contribution in [3.8, 4) is 0 Å². The summed E-state index contributed by atoms with van der Waals surface area (Å²) >= 11 is 0. The molecule has 8 N–H and O–H groups in total. The summed E-state index contributed by atoms with van der Waals surface area (Å²) in [5.41, 5.74) is 6.67. The third-order valence-corrected chi connectivity index (χ3v) is 6.73. The summed E-state index contributed by atoms with van der Waals surface area (Å²) in [6.45, 7) is -0.542. The Morgan fingerprint density at radius 1 is 0.932 bits per heavy atom. The van der Waals surface area contributed by atoms with Crippen LogP contribution < -0.4 is 27.2 Å². The highest BCUT2D eigenvalue weighted by molar-refractivity contribution is 5.97. The first-order valence-corrected chi connectivity index (χ1v) is 13.4. The number of carbonyl (C=O) groups is 4. The van der Waals surface area contributed by atoms with Crippen molar-refractivity contribution < 1.29 is 24.3 Å². The molecule has 0 saturated heterocycles. The molecule has 3 amide bonds. The molecule has 3 aromatic heterocycles. The first-order chi connectivity index (χ1) is 21.2. The van der Waals surface area contributed by atoms with Gasteiger partial charge in [0.15, 0.2) is 11.2 Å². The van der Waals surface area contributed by atoms with Crippen molar-refractivity contribution in [1.82, 2.24) is 40.9 Å². The number of amides is 3. The van der Waals surface area contributed by atoms with Gasteiger partial charge in [-0.15, -0.1) is 0 Å². The zero-order valence-electron chi connectivity index (χ0n) is 23.0. The van der Waals surface area contributed by atoms with E-state index in [9.17, 15) is 29.1 Å². The van der Waals surface area contributed by atoms with E-state index >= 15 is 0 Å². The van der Waals surface area contributed by atoms with Gasteiger partial charge in [-0.3, -0.25) is 24.2 Å². The molecule has 0 bridgehead atoms. The van der Waals surface area contributed by atoms with Crippen molar-refractivity contribution in [3.63, 3.8) is 0 Å². The molecule has 44 heavy (non-hydrogen) atoms. The highest BCUT2D eigenvalue weighted by Crippen LogP contribution is 2.19. The van der Waals surface area contributed by atoms with Gasteiger partial charge in [0.25, 0.3) is 11.5 Å². The molecule has 224 valence electrons. The molecule has 0 unspecified atom stereocenters. The highest BCUT2D eigenvalue weighted by atomic mass is 16.4. The maximum Gasteiger partial charge on any atom is 0.326 e.